The minimum atomic E-state index is -1.33. The number of hydrogen-bond donors (Lipinski definition) is 2. The summed E-state index contributed by atoms with van der Waals surface area (Å²) in [6, 6.07) is 0. The summed E-state index contributed by atoms with van der Waals surface area (Å²) in [4.78, 5) is 0. The van der Waals surface area contributed by atoms with Crippen molar-refractivity contribution in [3.8, 4) is 0 Å². The second kappa shape index (κ2) is 1.53. The Morgan fingerprint density at radius 2 is 2.10 bits per heavy atom. The van der Waals surface area contributed by atoms with Gasteiger partial charge in [-0.2, -0.15) is 0 Å². The van der Waals surface area contributed by atoms with Gasteiger partial charge < -0.3 is 10.8 Å². The molecule has 1 atom stereocenters. The van der Waals surface area contributed by atoms with Gasteiger partial charge in [-0.25, -0.2) is 4.39 Å². The van der Waals surface area contributed by atoms with Gasteiger partial charge in [-0.15, -0.1) is 0 Å². The number of aliphatic hydroxyl groups is 1. The lowest BCUT2D eigenvalue weighted by Gasteiger charge is -2.37. The van der Waals surface area contributed by atoms with E-state index in [1.54, 1.807) is 0 Å². The number of alkyl halides is 1. The number of rotatable bonds is 1. The molecule has 3 heteroatoms. The number of fused-ring (bicyclic) bond motifs is 1. The fraction of sp³-hybridized carbons (Fsp3) is 1.00. The Labute approximate surface area is 59.2 Å². The summed E-state index contributed by atoms with van der Waals surface area (Å²) in [5.74, 6) is 0.401. The van der Waals surface area contributed by atoms with Gasteiger partial charge in [0, 0.05) is 6.54 Å². The van der Waals surface area contributed by atoms with Crippen LogP contribution in [0, 0.1) is 5.92 Å². The lowest BCUT2D eigenvalue weighted by Crippen LogP contribution is -2.52. The van der Waals surface area contributed by atoms with Gasteiger partial charge in [-0.3, -0.25) is 0 Å². The van der Waals surface area contributed by atoms with Gasteiger partial charge in [0.1, 0.15) is 11.3 Å². The maximum Gasteiger partial charge on any atom is 0.141 e. The fourth-order valence-electron chi connectivity index (χ4n) is 2.31. The third-order valence-corrected chi connectivity index (χ3v) is 3.02. The molecule has 0 aromatic rings. The maximum atomic E-state index is 13.4. The smallest absolute Gasteiger partial charge is 0.141 e. The number of halogens is 1. The van der Waals surface area contributed by atoms with Crippen LogP contribution >= 0.6 is 0 Å². The van der Waals surface area contributed by atoms with Crippen LogP contribution < -0.4 is 5.73 Å². The average Bonchev–Trinajstić information content (AvgIpc) is 2.17. The van der Waals surface area contributed by atoms with Gasteiger partial charge in [-0.05, 0) is 25.2 Å². The molecule has 0 heterocycles. The predicted molar refractivity (Wildman–Crippen MR) is 35.2 cm³/mol. The van der Waals surface area contributed by atoms with Gasteiger partial charge in [0.25, 0.3) is 0 Å². The van der Waals surface area contributed by atoms with Crippen LogP contribution in [0.25, 0.3) is 0 Å². The van der Waals surface area contributed by atoms with E-state index >= 15 is 0 Å². The molecule has 2 nitrogen and oxygen atoms in total. The summed E-state index contributed by atoms with van der Waals surface area (Å²) >= 11 is 0. The molecule has 0 aromatic heterocycles. The van der Waals surface area contributed by atoms with Crippen molar-refractivity contribution in [2.75, 3.05) is 6.54 Å². The standard InChI is InChI=1S/C7H12FNO/c8-6-1-5(2-6)3-7(6,10)4-9/h5,10H,1-4,9H2. The Kier molecular flexibility index (Phi) is 1.01. The second-order valence-electron chi connectivity index (χ2n) is 3.68. The molecule has 0 amide bonds. The summed E-state index contributed by atoms with van der Waals surface area (Å²) in [6.45, 7) is 0.0694. The van der Waals surface area contributed by atoms with Crippen molar-refractivity contribution >= 4 is 0 Å². The first-order valence-electron chi connectivity index (χ1n) is 3.71. The third kappa shape index (κ3) is 0.511. The quantitative estimate of drug-likeness (QED) is 0.553. The first kappa shape index (κ1) is 6.55. The zero-order valence-electron chi connectivity index (χ0n) is 5.81. The van der Waals surface area contributed by atoms with Crippen molar-refractivity contribution in [3.63, 3.8) is 0 Å². The molecule has 10 heavy (non-hydrogen) atoms. The Morgan fingerprint density at radius 3 is 2.30 bits per heavy atom. The zero-order chi connectivity index (χ0) is 7.41. The normalized spacial score (nSPS) is 58.5. The van der Waals surface area contributed by atoms with Gasteiger partial charge >= 0.3 is 0 Å². The van der Waals surface area contributed by atoms with E-state index in [2.05, 4.69) is 0 Å². The molecule has 58 valence electrons. The highest BCUT2D eigenvalue weighted by Crippen LogP contribution is 2.59. The van der Waals surface area contributed by atoms with Crippen LogP contribution in [-0.2, 0) is 0 Å². The zero-order valence-corrected chi connectivity index (χ0v) is 5.81. The first-order chi connectivity index (χ1) is 4.60. The average molecular weight is 145 g/mol. The molecule has 3 saturated carbocycles. The van der Waals surface area contributed by atoms with Crippen molar-refractivity contribution in [2.24, 2.45) is 11.7 Å². The molecule has 3 N–H and O–H groups in total. The summed E-state index contributed by atoms with van der Waals surface area (Å²) < 4.78 is 13.4. The van der Waals surface area contributed by atoms with Crippen molar-refractivity contribution in [1.29, 1.82) is 0 Å². The molecule has 3 rings (SSSR count). The van der Waals surface area contributed by atoms with E-state index in [0.717, 1.165) is 0 Å². The molecule has 0 radical (unpaired) electrons. The van der Waals surface area contributed by atoms with Crippen LogP contribution in [0.1, 0.15) is 19.3 Å². The monoisotopic (exact) mass is 145 g/mol. The Balaban J connectivity index is 2.25. The first-order valence-corrected chi connectivity index (χ1v) is 3.71. The van der Waals surface area contributed by atoms with Crippen LogP contribution in [0.4, 0.5) is 4.39 Å². The van der Waals surface area contributed by atoms with Gasteiger partial charge in [0.2, 0.25) is 0 Å². The molecule has 1 unspecified atom stereocenters. The Bertz CT molecular complexity index is 167. The van der Waals surface area contributed by atoms with Gasteiger partial charge in [0.05, 0.1) is 0 Å². The van der Waals surface area contributed by atoms with Gasteiger partial charge in [0.15, 0.2) is 0 Å². The van der Waals surface area contributed by atoms with Gasteiger partial charge in [-0.1, -0.05) is 0 Å². The molecule has 0 aromatic carbocycles. The van der Waals surface area contributed by atoms with Crippen LogP contribution in [0.15, 0.2) is 0 Å². The third-order valence-electron chi connectivity index (χ3n) is 3.02. The molecular formula is C7H12FNO. The van der Waals surface area contributed by atoms with Crippen LogP contribution in [0.5, 0.6) is 0 Å². The van der Waals surface area contributed by atoms with E-state index in [9.17, 15) is 9.50 Å². The lowest BCUT2D eigenvalue weighted by atomic mass is 9.78. The van der Waals surface area contributed by atoms with E-state index in [4.69, 9.17) is 5.73 Å². The molecule has 3 aliphatic carbocycles. The SMILES string of the molecule is NCC1(O)CC2CC1(F)C2. The van der Waals surface area contributed by atoms with Crippen molar-refractivity contribution in [3.05, 3.63) is 0 Å². The molecule has 3 fully saturated rings. The van der Waals surface area contributed by atoms with Crippen LogP contribution in [-0.4, -0.2) is 22.9 Å². The van der Waals surface area contributed by atoms with E-state index in [1.165, 1.54) is 0 Å². The van der Waals surface area contributed by atoms with Crippen LogP contribution in [0.3, 0.4) is 0 Å². The highest BCUT2D eigenvalue weighted by Gasteiger charge is 2.66. The molecule has 3 aliphatic rings. The summed E-state index contributed by atoms with van der Waals surface area (Å²) in [5, 5.41) is 9.57. The molecular weight excluding hydrogens is 133 g/mol. The van der Waals surface area contributed by atoms with E-state index in [-0.39, 0.29) is 6.54 Å². The number of nitrogens with two attached hydrogens (primary N) is 1. The topological polar surface area (TPSA) is 46.2 Å². The van der Waals surface area contributed by atoms with E-state index in [1.807, 2.05) is 0 Å². The van der Waals surface area contributed by atoms with E-state index < -0.39 is 11.3 Å². The predicted octanol–water partition coefficient (Wildman–Crippen LogP) is 0.198. The molecule has 0 saturated heterocycles. The maximum absolute atomic E-state index is 13.4. The summed E-state index contributed by atoms with van der Waals surface area (Å²) in [5.41, 5.74) is 2.77. The Morgan fingerprint density at radius 1 is 1.50 bits per heavy atom. The second-order valence-corrected chi connectivity index (χ2v) is 3.68. The number of hydrogen-bond acceptors (Lipinski definition) is 2. The largest absolute Gasteiger partial charge is 0.385 e. The molecule has 2 bridgehead atoms. The minimum absolute atomic E-state index is 0.0694. The highest BCUT2D eigenvalue weighted by molar-refractivity contribution is 5.17. The Hall–Kier alpha value is -0.150. The van der Waals surface area contributed by atoms with Crippen molar-refractivity contribution in [1.82, 2.24) is 0 Å². The summed E-state index contributed by atoms with van der Waals surface area (Å²) in [7, 11) is 0. The minimum Gasteiger partial charge on any atom is -0.385 e. The fourth-order valence-corrected chi connectivity index (χ4v) is 2.31. The van der Waals surface area contributed by atoms with Crippen LogP contribution in [0.2, 0.25) is 0 Å². The summed E-state index contributed by atoms with van der Waals surface area (Å²) in [6.07, 6.45) is 1.63. The lowest BCUT2D eigenvalue weighted by molar-refractivity contribution is -0.0820. The van der Waals surface area contributed by atoms with E-state index in [0.29, 0.717) is 25.2 Å². The molecule has 0 aliphatic heterocycles. The molecule has 0 spiro atoms. The van der Waals surface area contributed by atoms with Crippen molar-refractivity contribution in [2.45, 2.75) is 30.5 Å². The van der Waals surface area contributed by atoms with Crippen molar-refractivity contribution < 1.29 is 9.50 Å². The highest BCUT2D eigenvalue weighted by atomic mass is 19.1.